The largest absolute Gasteiger partial charge is 0.355 e. The number of hydrogen-bond donors (Lipinski definition) is 2. The highest BCUT2D eigenvalue weighted by atomic mass is 32.1. The molecule has 1 aromatic rings. The highest BCUT2D eigenvalue weighted by molar-refractivity contribution is 7.10. The Hall–Kier alpha value is -0.870. The van der Waals surface area contributed by atoms with Crippen molar-refractivity contribution in [2.45, 2.75) is 39.2 Å². The maximum atomic E-state index is 11.7. The van der Waals surface area contributed by atoms with Gasteiger partial charge in [0.15, 0.2) is 0 Å². The van der Waals surface area contributed by atoms with Crippen LogP contribution in [-0.4, -0.2) is 19.0 Å². The Balaban J connectivity index is 1.80. The van der Waals surface area contributed by atoms with Gasteiger partial charge in [0.25, 0.3) is 0 Å². The quantitative estimate of drug-likeness (QED) is 0.859. The van der Waals surface area contributed by atoms with Gasteiger partial charge in [-0.25, -0.2) is 0 Å². The van der Waals surface area contributed by atoms with Crippen molar-refractivity contribution in [2.75, 3.05) is 13.1 Å². The molecule has 100 valence electrons. The summed E-state index contributed by atoms with van der Waals surface area (Å²) in [4.78, 5) is 13.2. The summed E-state index contributed by atoms with van der Waals surface area (Å²) in [6.45, 7) is 5.39. The number of thiophene rings is 1. The van der Waals surface area contributed by atoms with E-state index in [2.05, 4.69) is 35.9 Å². The van der Waals surface area contributed by atoms with Gasteiger partial charge in [0, 0.05) is 17.5 Å². The van der Waals surface area contributed by atoms with Crippen molar-refractivity contribution in [1.82, 2.24) is 10.6 Å². The zero-order valence-electron chi connectivity index (χ0n) is 11.2. The molecule has 1 amide bonds. The molecule has 1 heterocycles. The van der Waals surface area contributed by atoms with E-state index in [4.69, 9.17) is 0 Å². The zero-order valence-corrected chi connectivity index (χ0v) is 12.0. The molecule has 0 aromatic carbocycles. The first-order chi connectivity index (χ1) is 8.66. The van der Waals surface area contributed by atoms with Crippen LogP contribution in [0.1, 0.15) is 43.2 Å². The third-order valence-electron chi connectivity index (χ3n) is 3.27. The monoisotopic (exact) mass is 266 g/mol. The Morgan fingerprint density at radius 1 is 1.56 bits per heavy atom. The Labute approximate surface area is 113 Å². The Morgan fingerprint density at radius 2 is 2.39 bits per heavy atom. The van der Waals surface area contributed by atoms with E-state index in [9.17, 15) is 4.79 Å². The van der Waals surface area contributed by atoms with Crippen molar-refractivity contribution in [1.29, 1.82) is 0 Å². The van der Waals surface area contributed by atoms with Gasteiger partial charge < -0.3 is 10.6 Å². The molecule has 1 unspecified atom stereocenters. The maximum Gasteiger partial charge on any atom is 0.233 e. The number of amides is 1. The fourth-order valence-corrected chi connectivity index (χ4v) is 3.28. The van der Waals surface area contributed by atoms with Gasteiger partial charge in [-0.15, -0.1) is 11.3 Å². The summed E-state index contributed by atoms with van der Waals surface area (Å²) >= 11 is 1.84. The fraction of sp³-hybridized carbons (Fsp3) is 0.643. The van der Waals surface area contributed by atoms with Crippen LogP contribution in [0.2, 0.25) is 0 Å². The third-order valence-corrected chi connectivity index (χ3v) is 4.26. The minimum atomic E-state index is 0.103. The van der Waals surface area contributed by atoms with E-state index in [-0.39, 0.29) is 5.91 Å². The van der Waals surface area contributed by atoms with Crippen molar-refractivity contribution in [3.05, 3.63) is 21.9 Å². The fourth-order valence-electron chi connectivity index (χ4n) is 2.29. The van der Waals surface area contributed by atoms with Crippen molar-refractivity contribution >= 4 is 17.2 Å². The highest BCUT2D eigenvalue weighted by Crippen LogP contribution is 2.32. The van der Waals surface area contributed by atoms with Crippen molar-refractivity contribution in [3.63, 3.8) is 0 Å². The van der Waals surface area contributed by atoms with E-state index in [0.29, 0.717) is 18.5 Å². The summed E-state index contributed by atoms with van der Waals surface area (Å²) in [5.41, 5.74) is 1.41. The highest BCUT2D eigenvalue weighted by Gasteiger charge is 2.21. The second kappa shape index (κ2) is 6.34. The molecular weight excluding hydrogens is 244 g/mol. The smallest absolute Gasteiger partial charge is 0.233 e. The molecule has 1 atom stereocenters. The van der Waals surface area contributed by atoms with Crippen molar-refractivity contribution < 1.29 is 4.79 Å². The lowest BCUT2D eigenvalue weighted by Crippen LogP contribution is -2.37. The number of hydrogen-bond acceptors (Lipinski definition) is 3. The minimum Gasteiger partial charge on any atom is -0.355 e. The lowest BCUT2D eigenvalue weighted by molar-refractivity contribution is -0.120. The Morgan fingerprint density at radius 3 is 3.17 bits per heavy atom. The molecule has 0 spiro atoms. The summed E-state index contributed by atoms with van der Waals surface area (Å²) in [6, 6.07) is 2.56. The predicted molar refractivity (Wildman–Crippen MR) is 75.8 cm³/mol. The molecule has 1 aromatic heterocycles. The summed E-state index contributed by atoms with van der Waals surface area (Å²) in [7, 11) is 0. The predicted octanol–water partition coefficient (Wildman–Crippen LogP) is 2.49. The van der Waals surface area contributed by atoms with Gasteiger partial charge in [0.05, 0.1) is 6.54 Å². The lowest BCUT2D eigenvalue weighted by atomic mass is 9.94. The number of fused-ring (bicyclic) bond motifs is 1. The number of nitrogens with one attached hydrogen (secondary N) is 2. The number of carbonyl (C=O) groups is 1. The topological polar surface area (TPSA) is 41.1 Å². The molecule has 2 rings (SSSR count). The average molecular weight is 266 g/mol. The standard InChI is InChI=1S/C14H22N2OS/c1-10(2)8-16-14(17)9-15-12-4-3-5-13-11(12)6-7-18-13/h6-7,10,12,15H,3-5,8-9H2,1-2H3,(H,16,17). The molecule has 1 aliphatic carbocycles. The molecule has 0 saturated carbocycles. The van der Waals surface area contributed by atoms with Crippen molar-refractivity contribution in [3.8, 4) is 0 Å². The molecule has 2 N–H and O–H groups in total. The number of aryl methyl sites for hydroxylation is 1. The molecular formula is C14H22N2OS. The molecule has 0 radical (unpaired) electrons. The Bertz CT molecular complexity index is 400. The van der Waals surface area contributed by atoms with Gasteiger partial charge in [0.1, 0.15) is 0 Å². The van der Waals surface area contributed by atoms with Gasteiger partial charge >= 0.3 is 0 Å². The first-order valence-electron chi connectivity index (χ1n) is 6.73. The van der Waals surface area contributed by atoms with Crippen LogP contribution in [0.4, 0.5) is 0 Å². The van der Waals surface area contributed by atoms with E-state index in [1.165, 1.54) is 23.3 Å². The van der Waals surface area contributed by atoms with Crippen LogP contribution < -0.4 is 10.6 Å². The lowest BCUT2D eigenvalue weighted by Gasteiger charge is -2.23. The number of carbonyl (C=O) groups excluding carboxylic acids is 1. The van der Waals surface area contributed by atoms with Gasteiger partial charge in [-0.3, -0.25) is 4.79 Å². The molecule has 4 heteroatoms. The summed E-state index contributed by atoms with van der Waals surface area (Å²) in [6.07, 6.45) is 3.56. The first kappa shape index (κ1) is 13.6. The molecule has 1 aliphatic rings. The molecule has 0 fully saturated rings. The maximum absolute atomic E-state index is 11.7. The van der Waals surface area contributed by atoms with E-state index in [1.807, 2.05) is 11.3 Å². The second-order valence-corrected chi connectivity index (χ2v) is 6.32. The first-order valence-corrected chi connectivity index (χ1v) is 7.61. The van der Waals surface area contributed by atoms with E-state index >= 15 is 0 Å². The molecule has 0 bridgehead atoms. The van der Waals surface area contributed by atoms with Crippen LogP contribution >= 0.6 is 11.3 Å². The second-order valence-electron chi connectivity index (χ2n) is 5.32. The van der Waals surface area contributed by atoms with Crippen LogP contribution in [0, 0.1) is 5.92 Å². The zero-order chi connectivity index (χ0) is 13.0. The number of rotatable bonds is 5. The molecule has 0 saturated heterocycles. The van der Waals surface area contributed by atoms with E-state index in [1.54, 1.807) is 0 Å². The normalized spacial score (nSPS) is 18.7. The molecule has 18 heavy (non-hydrogen) atoms. The van der Waals surface area contributed by atoms with E-state index in [0.717, 1.165) is 13.0 Å². The van der Waals surface area contributed by atoms with Crippen LogP contribution in [0.5, 0.6) is 0 Å². The van der Waals surface area contributed by atoms with E-state index < -0.39 is 0 Å². The van der Waals surface area contributed by atoms with Gasteiger partial charge in [0.2, 0.25) is 5.91 Å². The van der Waals surface area contributed by atoms with Gasteiger partial charge in [-0.1, -0.05) is 13.8 Å². The average Bonchev–Trinajstić information content (AvgIpc) is 2.82. The summed E-state index contributed by atoms with van der Waals surface area (Å²) in [5, 5.41) is 8.48. The van der Waals surface area contributed by atoms with Gasteiger partial charge in [-0.05, 0) is 42.2 Å². The van der Waals surface area contributed by atoms with Crippen LogP contribution in [0.15, 0.2) is 11.4 Å². The summed E-state index contributed by atoms with van der Waals surface area (Å²) in [5.74, 6) is 0.609. The molecule has 3 nitrogen and oxygen atoms in total. The van der Waals surface area contributed by atoms with Gasteiger partial charge in [-0.2, -0.15) is 0 Å². The third kappa shape index (κ3) is 3.56. The summed E-state index contributed by atoms with van der Waals surface area (Å²) < 4.78 is 0. The van der Waals surface area contributed by atoms with Crippen LogP contribution in [-0.2, 0) is 11.2 Å². The molecule has 0 aliphatic heterocycles. The minimum absolute atomic E-state index is 0.103. The van der Waals surface area contributed by atoms with Crippen molar-refractivity contribution in [2.24, 2.45) is 5.92 Å². The Kier molecular flexibility index (Phi) is 4.78. The van der Waals surface area contributed by atoms with Crippen LogP contribution in [0.25, 0.3) is 0 Å². The SMILES string of the molecule is CC(C)CNC(=O)CNC1CCCc2sccc21. The van der Waals surface area contributed by atoms with Crippen LogP contribution in [0.3, 0.4) is 0 Å².